The van der Waals surface area contributed by atoms with Crippen molar-refractivity contribution in [2.45, 2.75) is 30.5 Å². The Hall–Kier alpha value is -3.37. The second-order valence-corrected chi connectivity index (χ2v) is 9.27. The van der Waals surface area contributed by atoms with Gasteiger partial charge in [-0.15, -0.1) is 0 Å². The maximum Gasteiger partial charge on any atom is 0.416 e. The SMILES string of the molecule is COc1ccc(S(=O)(=O)N[C@H](Cc2ccccc2)C(=O)Nc2ccc(C(F)(F)F)cc2)cc1C. The van der Waals surface area contributed by atoms with Crippen molar-refractivity contribution in [3.63, 3.8) is 0 Å². The molecule has 6 nitrogen and oxygen atoms in total. The Morgan fingerprint density at radius 1 is 1.00 bits per heavy atom. The second kappa shape index (κ2) is 10.3. The molecule has 0 saturated heterocycles. The number of carbonyl (C=O) groups is 1. The van der Waals surface area contributed by atoms with E-state index in [1.54, 1.807) is 37.3 Å². The van der Waals surface area contributed by atoms with Crippen LogP contribution in [-0.4, -0.2) is 27.5 Å². The first kappa shape index (κ1) is 25.3. The van der Waals surface area contributed by atoms with Crippen LogP contribution in [0.15, 0.2) is 77.7 Å². The molecule has 1 amide bonds. The van der Waals surface area contributed by atoms with Gasteiger partial charge in [0.2, 0.25) is 15.9 Å². The number of alkyl halides is 3. The van der Waals surface area contributed by atoms with Crippen molar-refractivity contribution in [1.82, 2.24) is 4.72 Å². The number of halogens is 3. The van der Waals surface area contributed by atoms with Gasteiger partial charge in [-0.3, -0.25) is 4.79 Å². The summed E-state index contributed by atoms with van der Waals surface area (Å²) in [6.07, 6.45) is -4.48. The molecule has 0 aromatic heterocycles. The molecule has 0 aliphatic heterocycles. The number of sulfonamides is 1. The van der Waals surface area contributed by atoms with E-state index in [9.17, 15) is 26.4 Å². The summed E-state index contributed by atoms with van der Waals surface area (Å²) < 4.78 is 72.1. The molecule has 0 radical (unpaired) electrons. The summed E-state index contributed by atoms with van der Waals surface area (Å²) in [4.78, 5) is 12.9. The highest BCUT2D eigenvalue weighted by atomic mass is 32.2. The fraction of sp³-hybridized carbons (Fsp3) is 0.208. The largest absolute Gasteiger partial charge is 0.496 e. The van der Waals surface area contributed by atoms with Gasteiger partial charge < -0.3 is 10.1 Å². The minimum atomic E-state index is -4.51. The third kappa shape index (κ3) is 6.36. The number of nitrogens with one attached hydrogen (secondary N) is 2. The first-order chi connectivity index (χ1) is 16.0. The fourth-order valence-electron chi connectivity index (χ4n) is 3.28. The number of hydrogen-bond acceptors (Lipinski definition) is 4. The topological polar surface area (TPSA) is 84.5 Å². The van der Waals surface area contributed by atoms with E-state index in [4.69, 9.17) is 4.74 Å². The van der Waals surface area contributed by atoms with Crippen molar-refractivity contribution in [2.75, 3.05) is 12.4 Å². The molecule has 2 N–H and O–H groups in total. The molecule has 1 atom stereocenters. The van der Waals surface area contributed by atoms with Crippen molar-refractivity contribution in [3.8, 4) is 5.75 Å². The number of amides is 1. The van der Waals surface area contributed by atoms with Crippen LogP contribution in [0.25, 0.3) is 0 Å². The summed E-state index contributed by atoms with van der Waals surface area (Å²) in [5, 5.41) is 2.49. The third-order valence-electron chi connectivity index (χ3n) is 5.05. The van der Waals surface area contributed by atoms with Gasteiger partial charge in [0.25, 0.3) is 0 Å². The van der Waals surface area contributed by atoms with Gasteiger partial charge in [-0.1, -0.05) is 30.3 Å². The van der Waals surface area contributed by atoms with Gasteiger partial charge in [0.1, 0.15) is 11.8 Å². The highest BCUT2D eigenvalue weighted by molar-refractivity contribution is 7.89. The first-order valence-electron chi connectivity index (χ1n) is 10.2. The van der Waals surface area contributed by atoms with Gasteiger partial charge in [-0.25, -0.2) is 8.42 Å². The Bertz CT molecular complexity index is 1250. The van der Waals surface area contributed by atoms with E-state index in [2.05, 4.69) is 10.0 Å². The Labute approximate surface area is 195 Å². The Morgan fingerprint density at radius 3 is 2.21 bits per heavy atom. The zero-order valence-corrected chi connectivity index (χ0v) is 19.2. The van der Waals surface area contributed by atoms with E-state index in [1.807, 2.05) is 0 Å². The summed E-state index contributed by atoms with van der Waals surface area (Å²) in [5.41, 5.74) is 0.542. The van der Waals surface area contributed by atoms with E-state index in [1.165, 1.54) is 25.3 Å². The number of methoxy groups -OCH3 is 1. The number of benzene rings is 3. The molecule has 0 bridgehead atoms. The molecule has 0 spiro atoms. The Morgan fingerprint density at radius 2 is 1.65 bits per heavy atom. The number of aryl methyl sites for hydroxylation is 1. The molecule has 0 fully saturated rings. The van der Waals surface area contributed by atoms with Gasteiger partial charge in [0, 0.05) is 5.69 Å². The quantitative estimate of drug-likeness (QED) is 0.483. The molecule has 0 unspecified atom stereocenters. The molecule has 0 aliphatic rings. The average Bonchev–Trinajstić information content (AvgIpc) is 2.79. The van der Waals surface area contributed by atoms with E-state index >= 15 is 0 Å². The predicted octanol–water partition coefficient (Wildman–Crippen LogP) is 4.55. The molecule has 3 aromatic rings. The van der Waals surface area contributed by atoms with Crippen LogP contribution in [0.3, 0.4) is 0 Å². The minimum Gasteiger partial charge on any atom is -0.496 e. The lowest BCUT2D eigenvalue weighted by Gasteiger charge is -2.19. The molecular formula is C24H23F3N2O4S. The van der Waals surface area contributed by atoms with E-state index in [-0.39, 0.29) is 17.0 Å². The zero-order valence-electron chi connectivity index (χ0n) is 18.4. The molecule has 34 heavy (non-hydrogen) atoms. The smallest absolute Gasteiger partial charge is 0.416 e. The first-order valence-corrected chi connectivity index (χ1v) is 11.7. The molecule has 0 aliphatic carbocycles. The monoisotopic (exact) mass is 492 g/mol. The van der Waals surface area contributed by atoms with Crippen molar-refractivity contribution in [3.05, 3.63) is 89.5 Å². The van der Waals surface area contributed by atoms with Gasteiger partial charge in [-0.2, -0.15) is 17.9 Å². The van der Waals surface area contributed by atoms with Crippen LogP contribution in [0.5, 0.6) is 5.75 Å². The van der Waals surface area contributed by atoms with Crippen LogP contribution in [-0.2, 0) is 27.4 Å². The molecule has 0 heterocycles. The van der Waals surface area contributed by atoms with Gasteiger partial charge >= 0.3 is 6.18 Å². The summed E-state index contributed by atoms with van der Waals surface area (Å²) in [6, 6.07) is 15.7. The normalized spacial score (nSPS) is 12.7. The average molecular weight is 493 g/mol. The third-order valence-corrected chi connectivity index (χ3v) is 6.52. The lowest BCUT2D eigenvalue weighted by molar-refractivity contribution is -0.137. The molecule has 3 rings (SSSR count). The van der Waals surface area contributed by atoms with E-state index in [0.29, 0.717) is 16.9 Å². The van der Waals surface area contributed by atoms with Gasteiger partial charge in [-0.05, 0) is 66.9 Å². The number of carbonyl (C=O) groups excluding carboxylic acids is 1. The molecular weight excluding hydrogens is 469 g/mol. The van der Waals surface area contributed by atoms with Crippen LogP contribution >= 0.6 is 0 Å². The second-order valence-electron chi connectivity index (χ2n) is 7.56. The van der Waals surface area contributed by atoms with Crippen LogP contribution in [0.1, 0.15) is 16.7 Å². The summed E-state index contributed by atoms with van der Waals surface area (Å²) in [6.45, 7) is 1.69. The summed E-state index contributed by atoms with van der Waals surface area (Å²) in [5.74, 6) is -0.197. The highest BCUT2D eigenvalue weighted by Crippen LogP contribution is 2.30. The number of ether oxygens (including phenoxy) is 1. The molecule has 3 aromatic carbocycles. The van der Waals surface area contributed by atoms with Gasteiger partial charge in [0.15, 0.2) is 0 Å². The van der Waals surface area contributed by atoms with Crippen molar-refractivity contribution < 1.29 is 31.1 Å². The Balaban J connectivity index is 1.86. The Kier molecular flexibility index (Phi) is 7.63. The number of rotatable bonds is 8. The predicted molar refractivity (Wildman–Crippen MR) is 122 cm³/mol. The maximum atomic E-state index is 13.0. The van der Waals surface area contributed by atoms with Crippen molar-refractivity contribution >= 4 is 21.6 Å². The standard InChI is InChI=1S/C24H23F3N2O4S/c1-16-14-20(12-13-22(16)33-2)34(31,32)29-21(15-17-6-4-3-5-7-17)23(30)28-19-10-8-18(9-11-19)24(25,26)27/h3-14,21,29H,15H2,1-2H3,(H,28,30)/t21-/m1/s1. The fourth-order valence-corrected chi connectivity index (χ4v) is 4.56. The minimum absolute atomic E-state index is 0.0294. The maximum absolute atomic E-state index is 13.0. The van der Waals surface area contributed by atoms with Crippen molar-refractivity contribution in [2.24, 2.45) is 0 Å². The lowest BCUT2D eigenvalue weighted by Crippen LogP contribution is -2.45. The zero-order chi connectivity index (χ0) is 24.9. The van der Waals surface area contributed by atoms with Gasteiger partial charge in [0.05, 0.1) is 17.6 Å². The van der Waals surface area contributed by atoms with E-state index in [0.717, 1.165) is 24.3 Å². The summed E-state index contributed by atoms with van der Waals surface area (Å²) in [7, 11) is -2.64. The molecule has 10 heteroatoms. The summed E-state index contributed by atoms with van der Waals surface area (Å²) >= 11 is 0. The highest BCUT2D eigenvalue weighted by Gasteiger charge is 2.30. The van der Waals surface area contributed by atoms with Crippen LogP contribution in [0.4, 0.5) is 18.9 Å². The number of hydrogen-bond donors (Lipinski definition) is 2. The lowest BCUT2D eigenvalue weighted by atomic mass is 10.1. The molecule has 0 saturated carbocycles. The van der Waals surface area contributed by atoms with E-state index < -0.39 is 33.7 Å². The van der Waals surface area contributed by atoms with Crippen molar-refractivity contribution in [1.29, 1.82) is 0 Å². The molecule has 180 valence electrons. The number of anilines is 1. The van der Waals surface area contributed by atoms with Crippen LogP contribution in [0, 0.1) is 6.92 Å². The van der Waals surface area contributed by atoms with Crippen LogP contribution < -0.4 is 14.8 Å². The van der Waals surface area contributed by atoms with Crippen LogP contribution in [0.2, 0.25) is 0 Å².